The summed E-state index contributed by atoms with van der Waals surface area (Å²) in [6, 6.07) is 30.4. The van der Waals surface area contributed by atoms with E-state index in [2.05, 4.69) is 91.9 Å². The topological polar surface area (TPSA) is 9.23 Å². The molecule has 7 heteroatoms. The molecule has 0 saturated carbocycles. The fraction of sp³-hybridized carbons (Fsp3) is 0.500. The van der Waals surface area contributed by atoms with E-state index in [4.69, 9.17) is 4.74 Å². The fourth-order valence-electron chi connectivity index (χ4n) is 5.03. The predicted molar refractivity (Wildman–Crippen MR) is 177 cm³/mol. The van der Waals surface area contributed by atoms with Gasteiger partial charge in [0, 0.05) is 0 Å². The maximum absolute atomic E-state index is 9.75. The zero-order chi connectivity index (χ0) is 31.0. The second-order valence-corrected chi connectivity index (χ2v) is 13.1. The molecule has 0 radical (unpaired) electrons. The van der Waals surface area contributed by atoms with E-state index in [-0.39, 0.29) is 10.9 Å². The number of benzene rings is 3. The summed E-state index contributed by atoms with van der Waals surface area (Å²) >= 11 is 0. The van der Waals surface area contributed by atoms with Crippen molar-refractivity contribution in [1.82, 2.24) is 0 Å². The molecule has 0 aromatic heterocycles. The van der Waals surface area contributed by atoms with E-state index in [9.17, 15) is 17.3 Å². The number of hydrogen-bond donors (Lipinski definition) is 0. The van der Waals surface area contributed by atoms with Crippen molar-refractivity contribution >= 4 is 18.1 Å². The predicted octanol–water partition coefficient (Wildman–Crippen LogP) is 12.7. The van der Waals surface area contributed by atoms with E-state index >= 15 is 0 Å². The summed E-state index contributed by atoms with van der Waals surface area (Å²) in [6.45, 7) is 3.12. The van der Waals surface area contributed by atoms with Crippen LogP contribution in [-0.2, 0) is 10.9 Å². The highest BCUT2D eigenvalue weighted by Crippen LogP contribution is 2.32. The minimum absolute atomic E-state index is 0.0968. The van der Waals surface area contributed by atoms with Crippen LogP contribution in [0.4, 0.5) is 17.3 Å². The summed E-state index contributed by atoms with van der Waals surface area (Å²) < 4.78 is 45.1. The second kappa shape index (κ2) is 23.0. The van der Waals surface area contributed by atoms with Crippen molar-refractivity contribution in [3.05, 3.63) is 84.9 Å². The molecule has 0 saturated heterocycles. The molecule has 0 bridgehead atoms. The largest absolute Gasteiger partial charge is 0.673 e. The van der Waals surface area contributed by atoms with Gasteiger partial charge < -0.3 is 22.0 Å². The van der Waals surface area contributed by atoms with Gasteiger partial charge in [-0.3, -0.25) is 0 Å². The Hall–Kier alpha value is -2.41. The van der Waals surface area contributed by atoms with Gasteiger partial charge in [0.05, 0.1) is 17.5 Å². The summed E-state index contributed by atoms with van der Waals surface area (Å²) in [6.07, 6.45) is 22.4. The van der Waals surface area contributed by atoms with Crippen molar-refractivity contribution in [3.8, 4) is 5.75 Å². The normalized spacial score (nSPS) is 11.3. The number of halogens is 4. The Morgan fingerprint density at radius 3 is 1.16 bits per heavy atom. The van der Waals surface area contributed by atoms with E-state index in [1.807, 2.05) is 0 Å². The summed E-state index contributed by atoms with van der Waals surface area (Å²) in [4.78, 5) is 4.03. The van der Waals surface area contributed by atoms with E-state index < -0.39 is 7.25 Å². The lowest BCUT2D eigenvalue weighted by molar-refractivity contribution is 0.304. The summed E-state index contributed by atoms with van der Waals surface area (Å²) in [5.74, 6) is 0.986. The number of ether oxygens (including phenoxy) is 1. The van der Waals surface area contributed by atoms with Crippen LogP contribution in [0.1, 0.15) is 110 Å². The summed E-state index contributed by atoms with van der Waals surface area (Å²) in [5, 5.41) is 0. The van der Waals surface area contributed by atoms with Gasteiger partial charge in [0.2, 0.25) is 0 Å². The summed E-state index contributed by atoms with van der Waals surface area (Å²) in [5.41, 5.74) is 0. The highest BCUT2D eigenvalue weighted by molar-refractivity contribution is 7.97. The van der Waals surface area contributed by atoms with Crippen molar-refractivity contribution in [2.24, 2.45) is 0 Å². The van der Waals surface area contributed by atoms with Crippen molar-refractivity contribution < 1.29 is 22.0 Å². The molecule has 43 heavy (non-hydrogen) atoms. The third-order valence-corrected chi connectivity index (χ3v) is 9.51. The van der Waals surface area contributed by atoms with Gasteiger partial charge in [-0.1, -0.05) is 140 Å². The molecular formula is C36H51BF4OS. The highest BCUT2D eigenvalue weighted by atomic mass is 32.2. The first-order chi connectivity index (χ1) is 20.9. The zero-order valence-electron chi connectivity index (χ0n) is 26.0. The van der Waals surface area contributed by atoms with Crippen LogP contribution >= 0.6 is 0 Å². The van der Waals surface area contributed by atoms with E-state index in [1.54, 1.807) is 0 Å². The quantitative estimate of drug-likeness (QED) is 0.0500. The Kier molecular flexibility index (Phi) is 19.7. The SMILES string of the molecule is CCCCCCCCCCCCCCCCCCOc1ccc([S+](c2ccccc2)c2ccccc2)cc1.F[B-](F)(F)F. The molecule has 0 heterocycles. The molecule has 0 N–H and O–H groups in total. The zero-order valence-corrected chi connectivity index (χ0v) is 26.8. The van der Waals surface area contributed by atoms with Crippen molar-refractivity contribution in [1.29, 1.82) is 0 Å². The molecule has 238 valence electrons. The van der Waals surface area contributed by atoms with E-state index in [0.29, 0.717) is 0 Å². The summed E-state index contributed by atoms with van der Waals surface area (Å²) in [7, 11) is -6.10. The van der Waals surface area contributed by atoms with Gasteiger partial charge in [0.25, 0.3) is 0 Å². The first-order valence-electron chi connectivity index (χ1n) is 16.3. The Bertz CT molecular complexity index is 1000. The third-order valence-electron chi connectivity index (χ3n) is 7.28. The number of rotatable bonds is 21. The molecule has 0 aliphatic carbocycles. The smallest absolute Gasteiger partial charge is 0.494 e. The molecular weight excluding hydrogens is 567 g/mol. The maximum atomic E-state index is 9.75. The molecule has 0 amide bonds. The minimum atomic E-state index is -6.00. The van der Waals surface area contributed by atoms with Crippen LogP contribution in [0.3, 0.4) is 0 Å². The monoisotopic (exact) mass is 618 g/mol. The van der Waals surface area contributed by atoms with Crippen molar-refractivity contribution in [3.63, 3.8) is 0 Å². The standard InChI is InChI=1S/C36H51OS.BF4/c1-2-3-4-5-6-7-8-9-10-11-12-13-14-15-16-23-32-37-33-28-30-36(31-29-33)38(34-24-19-17-20-25-34)35-26-21-18-22-27-35;2-1(3,4)5/h17-22,24-31H,2-16,23,32H2,1H3;/q+1;-1. The van der Waals surface area contributed by atoms with Gasteiger partial charge in [-0.05, 0) is 55.0 Å². The Labute approximate surface area is 261 Å². The number of unbranched alkanes of at least 4 members (excludes halogenated alkanes) is 15. The van der Waals surface area contributed by atoms with Crippen LogP contribution in [0, 0.1) is 0 Å². The first-order valence-corrected chi connectivity index (χ1v) is 17.6. The molecule has 0 fully saturated rings. The Balaban J connectivity index is 0.00000119. The van der Waals surface area contributed by atoms with Gasteiger partial charge in [0.15, 0.2) is 14.7 Å². The van der Waals surface area contributed by atoms with Crippen molar-refractivity contribution in [2.45, 2.75) is 124 Å². The van der Waals surface area contributed by atoms with Crippen LogP contribution in [0.15, 0.2) is 99.6 Å². The van der Waals surface area contributed by atoms with Crippen LogP contribution < -0.4 is 4.74 Å². The van der Waals surface area contributed by atoms with Crippen LogP contribution in [0.2, 0.25) is 0 Å². The number of hydrogen-bond acceptors (Lipinski definition) is 1. The third kappa shape index (κ3) is 18.8. The molecule has 3 aromatic rings. The van der Waals surface area contributed by atoms with Crippen LogP contribution in [0.25, 0.3) is 0 Å². The van der Waals surface area contributed by atoms with E-state index in [1.165, 1.54) is 111 Å². The lowest BCUT2D eigenvalue weighted by Gasteiger charge is -2.10. The highest BCUT2D eigenvalue weighted by Gasteiger charge is 2.28. The first kappa shape index (κ1) is 36.8. The molecule has 3 aromatic carbocycles. The lowest BCUT2D eigenvalue weighted by Crippen LogP contribution is -2.04. The molecule has 0 unspecified atom stereocenters. The Morgan fingerprint density at radius 1 is 0.465 bits per heavy atom. The van der Waals surface area contributed by atoms with Crippen LogP contribution in [-0.4, -0.2) is 13.9 Å². The maximum Gasteiger partial charge on any atom is 0.673 e. The van der Waals surface area contributed by atoms with E-state index in [0.717, 1.165) is 18.8 Å². The molecule has 0 spiro atoms. The lowest BCUT2D eigenvalue weighted by atomic mass is 10.0. The average Bonchev–Trinajstić information content (AvgIpc) is 3.00. The fourth-order valence-corrected chi connectivity index (χ4v) is 7.12. The average molecular weight is 619 g/mol. The molecule has 0 aliphatic rings. The molecule has 1 nitrogen and oxygen atoms in total. The van der Waals surface area contributed by atoms with Gasteiger partial charge in [-0.15, -0.1) is 0 Å². The molecule has 0 atom stereocenters. The molecule has 0 aliphatic heterocycles. The second-order valence-electron chi connectivity index (χ2n) is 11.1. The minimum Gasteiger partial charge on any atom is -0.494 e. The van der Waals surface area contributed by atoms with Gasteiger partial charge in [-0.2, -0.15) is 0 Å². The van der Waals surface area contributed by atoms with Gasteiger partial charge in [-0.25, -0.2) is 0 Å². The van der Waals surface area contributed by atoms with Gasteiger partial charge >= 0.3 is 7.25 Å². The van der Waals surface area contributed by atoms with Gasteiger partial charge in [0.1, 0.15) is 5.75 Å². The molecule has 3 rings (SSSR count). The Morgan fingerprint density at radius 2 is 0.791 bits per heavy atom. The van der Waals surface area contributed by atoms with Crippen molar-refractivity contribution in [2.75, 3.05) is 6.61 Å². The van der Waals surface area contributed by atoms with Crippen LogP contribution in [0.5, 0.6) is 5.75 Å².